The Kier molecular flexibility index (Phi) is 9.36. The molecule has 2 aromatic heterocycles. The number of esters is 1. The number of aromatic nitrogens is 4. The van der Waals surface area contributed by atoms with Gasteiger partial charge in [0.1, 0.15) is 24.0 Å². The Balaban J connectivity index is 1.61. The van der Waals surface area contributed by atoms with E-state index in [9.17, 15) is 9.90 Å². The molecule has 0 bridgehead atoms. The van der Waals surface area contributed by atoms with Crippen molar-refractivity contribution in [1.29, 1.82) is 0 Å². The fourth-order valence-electron chi connectivity index (χ4n) is 4.22. The van der Waals surface area contributed by atoms with Crippen molar-refractivity contribution in [1.82, 2.24) is 24.6 Å². The average Bonchev–Trinajstić information content (AvgIpc) is 3.45. The van der Waals surface area contributed by atoms with Gasteiger partial charge in [0.05, 0.1) is 19.0 Å². The van der Waals surface area contributed by atoms with Crippen LogP contribution in [0.25, 0.3) is 11.2 Å². The number of alkyl halides is 1. The fraction of sp³-hybridized carbons (Fsp3) is 0.462. The highest BCUT2D eigenvalue weighted by molar-refractivity contribution is 8.09. The molecule has 0 saturated carbocycles. The van der Waals surface area contributed by atoms with Crippen molar-refractivity contribution < 1.29 is 32.8 Å². The molecule has 1 aliphatic heterocycles. The van der Waals surface area contributed by atoms with Crippen LogP contribution in [-0.4, -0.2) is 81.3 Å². The zero-order valence-electron chi connectivity index (χ0n) is 23.7. The van der Waals surface area contributed by atoms with E-state index in [0.29, 0.717) is 17.1 Å². The number of carbonyl (C=O) groups is 1. The summed E-state index contributed by atoms with van der Waals surface area (Å²) in [4.78, 5) is 26.9. The molecule has 0 unspecified atom stereocenters. The van der Waals surface area contributed by atoms with Crippen molar-refractivity contribution in [3.05, 3.63) is 36.7 Å². The van der Waals surface area contributed by atoms with Gasteiger partial charge in [-0.05, 0) is 44.7 Å². The number of nitrogen functional groups attached to an aromatic ring is 1. The maximum absolute atomic E-state index is 16.3. The number of aliphatic hydroxyl groups excluding tert-OH is 1. The second-order valence-corrected chi connectivity index (χ2v) is 13.2. The number of ether oxygens (including phenoxy) is 2. The monoisotopic (exact) mass is 621 g/mol. The normalized spacial score (nSPS) is 24.2. The first-order valence-electron chi connectivity index (χ1n) is 12.9. The summed E-state index contributed by atoms with van der Waals surface area (Å²) in [6, 6.07) is 7.66. The number of anilines is 2. The van der Waals surface area contributed by atoms with Crippen molar-refractivity contribution in [3.8, 4) is 18.1 Å². The zero-order valence-corrected chi connectivity index (χ0v) is 25.4. The van der Waals surface area contributed by atoms with Gasteiger partial charge in [0.25, 0.3) is 0 Å². The van der Waals surface area contributed by atoms with Crippen LogP contribution in [0.2, 0.25) is 0 Å². The van der Waals surface area contributed by atoms with Gasteiger partial charge in [-0.3, -0.25) is 9.36 Å². The molecule has 0 amide bonds. The third-order valence-electron chi connectivity index (χ3n) is 6.20. The summed E-state index contributed by atoms with van der Waals surface area (Å²) in [5.41, 5.74) is 3.65. The smallest absolute Gasteiger partial charge is 0.323 e. The van der Waals surface area contributed by atoms with Crippen LogP contribution in [0, 0.1) is 12.3 Å². The summed E-state index contributed by atoms with van der Waals surface area (Å²) in [7, 11) is 3.48. The van der Waals surface area contributed by atoms with E-state index >= 15 is 4.39 Å². The number of terminal acetylenes is 1. The first-order chi connectivity index (χ1) is 19.8. The molecule has 0 spiro atoms. The molecule has 4 rings (SSSR count). The van der Waals surface area contributed by atoms with Crippen LogP contribution in [0.4, 0.5) is 16.2 Å². The molecule has 1 aromatic carbocycles. The topological polar surface area (TPSA) is 159 Å². The number of halogens is 1. The van der Waals surface area contributed by atoms with Gasteiger partial charge in [0.15, 0.2) is 23.2 Å². The summed E-state index contributed by atoms with van der Waals surface area (Å²) in [5.74, 6) is 2.14. The Morgan fingerprint density at radius 2 is 2.05 bits per heavy atom. The Morgan fingerprint density at radius 3 is 2.67 bits per heavy atom. The predicted octanol–water partition coefficient (Wildman–Crippen LogP) is 2.32. The number of imidazole rings is 1. The van der Waals surface area contributed by atoms with Gasteiger partial charge < -0.3 is 34.3 Å². The summed E-state index contributed by atoms with van der Waals surface area (Å²) in [6.07, 6.45) is 1.81. The summed E-state index contributed by atoms with van der Waals surface area (Å²) < 4.78 is 40.7. The van der Waals surface area contributed by atoms with Crippen molar-refractivity contribution in [2.24, 2.45) is 0 Å². The molecule has 6 atom stereocenters. The Bertz CT molecular complexity index is 1520. The minimum atomic E-state index is -3.51. The number of hydrogen-bond acceptors (Lipinski definition) is 12. The lowest BCUT2D eigenvalue weighted by molar-refractivity contribution is -0.149. The molecular formula is C26H33FN7O6PS. The van der Waals surface area contributed by atoms with E-state index in [1.807, 2.05) is 5.92 Å². The lowest BCUT2D eigenvalue weighted by Crippen LogP contribution is -2.42. The maximum Gasteiger partial charge on any atom is 0.323 e. The van der Waals surface area contributed by atoms with E-state index in [1.165, 1.54) is 10.9 Å². The number of nitrogens with one attached hydrogen (secondary N) is 1. The Hall–Kier alpha value is -3.38. The van der Waals surface area contributed by atoms with E-state index in [-0.39, 0.29) is 17.7 Å². The number of rotatable bonds is 11. The van der Waals surface area contributed by atoms with E-state index in [4.69, 9.17) is 42.5 Å². The molecule has 1 saturated heterocycles. The molecule has 1 aliphatic rings. The highest BCUT2D eigenvalue weighted by Crippen LogP contribution is 2.48. The Morgan fingerprint density at radius 1 is 1.36 bits per heavy atom. The predicted molar refractivity (Wildman–Crippen MR) is 158 cm³/mol. The highest BCUT2D eigenvalue weighted by Gasteiger charge is 2.58. The van der Waals surface area contributed by atoms with Crippen molar-refractivity contribution in [2.45, 2.75) is 57.0 Å². The van der Waals surface area contributed by atoms with Gasteiger partial charge in [0.2, 0.25) is 11.6 Å². The average molecular weight is 622 g/mol. The van der Waals surface area contributed by atoms with Crippen molar-refractivity contribution >= 4 is 47.3 Å². The summed E-state index contributed by atoms with van der Waals surface area (Å²) >= 11 is 5.70. The summed E-state index contributed by atoms with van der Waals surface area (Å²) in [5, 5.41) is 13.9. The van der Waals surface area contributed by atoms with E-state index in [2.05, 4.69) is 20.0 Å². The van der Waals surface area contributed by atoms with Crippen LogP contribution in [0.15, 0.2) is 36.7 Å². The van der Waals surface area contributed by atoms with Gasteiger partial charge in [0, 0.05) is 14.1 Å². The van der Waals surface area contributed by atoms with Gasteiger partial charge in [-0.15, -0.1) is 6.42 Å². The number of para-hydroxylation sites is 1. The molecule has 13 nitrogen and oxygen atoms in total. The first kappa shape index (κ1) is 31.6. The first-order valence-corrected chi connectivity index (χ1v) is 15.6. The van der Waals surface area contributed by atoms with Gasteiger partial charge in [-0.25, -0.2) is 14.5 Å². The maximum atomic E-state index is 16.3. The molecule has 3 aromatic rings. The largest absolute Gasteiger partial charge is 0.462 e. The summed E-state index contributed by atoms with van der Waals surface area (Å²) in [6.45, 7) is 1.02. The SMILES string of the molecule is C#C[C@@]1(F)[C@H](O)[C@@H](CO[P@@](=S)(N[C@H](C)C(=O)OC(C)C)Oc2ccccc2)O[C@H]1n1cnc2c(N(C)C)nc(N)nc21. The van der Waals surface area contributed by atoms with Crippen LogP contribution in [0.3, 0.4) is 0 Å². The zero-order chi connectivity index (χ0) is 30.8. The molecule has 16 heteroatoms. The number of fused-ring (bicyclic) bond motifs is 1. The van der Waals surface area contributed by atoms with Gasteiger partial charge in [-0.1, -0.05) is 24.1 Å². The number of nitrogens with zero attached hydrogens (tertiary/aromatic N) is 5. The molecule has 0 aliphatic carbocycles. The van der Waals surface area contributed by atoms with Crippen LogP contribution in [-0.2, 0) is 30.6 Å². The molecule has 4 N–H and O–H groups in total. The lowest BCUT2D eigenvalue weighted by atomic mass is 9.97. The quantitative estimate of drug-likeness (QED) is 0.163. The number of aliphatic hydroxyl groups is 1. The van der Waals surface area contributed by atoms with Crippen LogP contribution in [0.1, 0.15) is 27.0 Å². The Labute approximate surface area is 247 Å². The lowest BCUT2D eigenvalue weighted by Gasteiger charge is -2.28. The second-order valence-electron chi connectivity index (χ2n) is 10.0. The molecule has 42 heavy (non-hydrogen) atoms. The number of benzene rings is 1. The minimum Gasteiger partial charge on any atom is -0.462 e. The molecule has 1 fully saturated rings. The van der Waals surface area contributed by atoms with Crippen LogP contribution < -0.4 is 20.2 Å². The van der Waals surface area contributed by atoms with Gasteiger partial charge in [-0.2, -0.15) is 9.97 Å². The number of nitrogens with two attached hydrogens (primary N) is 1. The number of carbonyl (C=O) groups excluding carboxylic acids is 1. The highest BCUT2D eigenvalue weighted by atomic mass is 32.5. The molecule has 226 valence electrons. The third-order valence-corrected chi connectivity index (χ3v) is 8.70. The standard InChI is InChI=1S/C26H33FN7O6PS/c1-7-26(27)20(35)18(39-24(26)34-14-29-19-21(33(5)6)30-25(28)31-22(19)34)13-37-41(42,40-17-11-9-8-10-12-17)32-16(4)23(36)38-15(2)3/h1,8-12,14-16,18,20,24,35H,13H2,2-6H3,(H,32,42)(H2,28,30,31)/t16-,18-,20-,24-,26-,41+/m1/s1. The van der Waals surface area contributed by atoms with Gasteiger partial charge >= 0.3 is 12.6 Å². The second kappa shape index (κ2) is 12.5. The molecule has 3 heterocycles. The van der Waals surface area contributed by atoms with E-state index in [1.54, 1.807) is 70.1 Å². The molecular weight excluding hydrogens is 588 g/mol. The van der Waals surface area contributed by atoms with E-state index in [0.717, 1.165) is 0 Å². The van der Waals surface area contributed by atoms with E-state index < -0.39 is 49.4 Å². The van der Waals surface area contributed by atoms with Crippen LogP contribution >= 0.6 is 6.64 Å². The minimum absolute atomic E-state index is 0.0773. The van der Waals surface area contributed by atoms with Crippen molar-refractivity contribution in [3.63, 3.8) is 0 Å². The third kappa shape index (κ3) is 6.49. The number of hydrogen-bond donors (Lipinski definition) is 3. The fourth-order valence-corrected chi connectivity index (χ4v) is 6.64. The van der Waals surface area contributed by atoms with Crippen molar-refractivity contribution in [2.75, 3.05) is 31.3 Å². The van der Waals surface area contributed by atoms with Crippen LogP contribution in [0.5, 0.6) is 5.75 Å². The molecule has 0 radical (unpaired) electrons.